The Kier molecular flexibility index (Phi) is 5.56. The van der Waals surface area contributed by atoms with E-state index in [2.05, 4.69) is 45.3 Å². The van der Waals surface area contributed by atoms with Crippen molar-refractivity contribution in [1.29, 1.82) is 0 Å². The summed E-state index contributed by atoms with van der Waals surface area (Å²) in [5.74, 6) is 2.09. The zero-order chi connectivity index (χ0) is 23.8. The van der Waals surface area contributed by atoms with Crippen LogP contribution in [0.15, 0.2) is 36.8 Å². The molecule has 0 radical (unpaired) electrons. The van der Waals surface area contributed by atoms with E-state index < -0.39 is 5.91 Å². The maximum atomic E-state index is 11.3. The SMILES string of the molecule is Cc1nn(CC(N)=O)cc1-c1cc2c(N[C@@H](c3ccc4c(c3)OCCO4)C(C)C)ncnc2[nH]1. The number of carbonyl (C=O) groups excluding carboxylic acids is 1. The molecule has 4 N–H and O–H groups in total. The van der Waals surface area contributed by atoms with E-state index in [1.807, 2.05) is 25.1 Å². The molecular weight excluding hydrogens is 434 g/mol. The summed E-state index contributed by atoms with van der Waals surface area (Å²) in [6.07, 6.45) is 3.34. The number of hydrogen-bond acceptors (Lipinski definition) is 7. The predicted molar refractivity (Wildman–Crippen MR) is 128 cm³/mol. The highest BCUT2D eigenvalue weighted by Crippen LogP contribution is 2.37. The molecule has 1 aliphatic heterocycles. The number of nitrogens with zero attached hydrogens (tertiary/aromatic N) is 4. The van der Waals surface area contributed by atoms with Crippen molar-refractivity contribution in [2.45, 2.75) is 33.4 Å². The minimum absolute atomic E-state index is 0.00710. The second-order valence-electron chi connectivity index (χ2n) is 8.73. The van der Waals surface area contributed by atoms with Crippen LogP contribution in [0.3, 0.4) is 0 Å². The minimum Gasteiger partial charge on any atom is -0.486 e. The standard InChI is InChI=1S/C24H27N7O3/c1-13(2)22(15-4-5-19-20(8-15)34-7-6-33-19)29-24-16-9-18(28-23(16)26-12-27-24)17-10-31(11-21(25)32)30-14(17)3/h4-5,8-10,12-13,22H,6-7,11H2,1-3H3,(H2,25,32)(H2,26,27,28,29)/t22-/m1/s1. The van der Waals surface area contributed by atoms with E-state index in [4.69, 9.17) is 15.2 Å². The summed E-state index contributed by atoms with van der Waals surface area (Å²) in [4.78, 5) is 23.6. The van der Waals surface area contributed by atoms with Crippen LogP contribution in [0, 0.1) is 12.8 Å². The van der Waals surface area contributed by atoms with Crippen molar-refractivity contribution in [2.75, 3.05) is 18.5 Å². The smallest absolute Gasteiger partial charge is 0.239 e. The van der Waals surface area contributed by atoms with Crippen molar-refractivity contribution in [3.05, 3.63) is 48.0 Å². The average Bonchev–Trinajstić information content (AvgIpc) is 3.39. The summed E-state index contributed by atoms with van der Waals surface area (Å²) in [6.45, 7) is 7.34. The van der Waals surface area contributed by atoms with Crippen LogP contribution < -0.4 is 20.5 Å². The van der Waals surface area contributed by atoms with Gasteiger partial charge in [0.05, 0.1) is 22.8 Å². The van der Waals surface area contributed by atoms with Crippen molar-refractivity contribution >= 4 is 22.8 Å². The number of aromatic amines is 1. The Balaban J connectivity index is 1.48. The molecule has 34 heavy (non-hydrogen) atoms. The van der Waals surface area contributed by atoms with Gasteiger partial charge in [-0.15, -0.1) is 0 Å². The predicted octanol–water partition coefficient (Wildman–Crippen LogP) is 3.20. The van der Waals surface area contributed by atoms with E-state index in [1.54, 1.807) is 10.9 Å². The normalized spacial score (nSPS) is 13.9. The van der Waals surface area contributed by atoms with Crippen LogP contribution in [-0.4, -0.2) is 43.9 Å². The van der Waals surface area contributed by atoms with E-state index >= 15 is 0 Å². The quantitative estimate of drug-likeness (QED) is 0.385. The Bertz CT molecular complexity index is 1360. The molecule has 10 nitrogen and oxygen atoms in total. The van der Waals surface area contributed by atoms with E-state index in [-0.39, 0.29) is 18.5 Å². The molecule has 1 aromatic carbocycles. The highest BCUT2D eigenvalue weighted by molar-refractivity contribution is 5.91. The summed E-state index contributed by atoms with van der Waals surface area (Å²) < 4.78 is 13.0. The van der Waals surface area contributed by atoms with Crippen molar-refractivity contribution in [2.24, 2.45) is 11.7 Å². The van der Waals surface area contributed by atoms with E-state index in [0.29, 0.717) is 18.9 Å². The summed E-state index contributed by atoms with van der Waals surface area (Å²) >= 11 is 0. The lowest BCUT2D eigenvalue weighted by atomic mass is 9.95. The van der Waals surface area contributed by atoms with Gasteiger partial charge in [-0.2, -0.15) is 5.10 Å². The lowest BCUT2D eigenvalue weighted by Crippen LogP contribution is -2.19. The Morgan fingerprint density at radius 3 is 2.76 bits per heavy atom. The monoisotopic (exact) mass is 461 g/mol. The molecule has 4 heterocycles. The first kappa shape index (κ1) is 21.7. The number of amides is 1. The molecule has 1 amide bonds. The minimum atomic E-state index is -0.443. The Hall–Kier alpha value is -4.08. The summed E-state index contributed by atoms with van der Waals surface area (Å²) in [5, 5.41) is 8.86. The fraction of sp³-hybridized carbons (Fsp3) is 0.333. The maximum Gasteiger partial charge on any atom is 0.239 e. The molecular formula is C24H27N7O3. The fourth-order valence-electron chi connectivity index (χ4n) is 4.26. The van der Waals surface area contributed by atoms with Crippen LogP contribution in [0.1, 0.15) is 31.1 Å². The van der Waals surface area contributed by atoms with E-state index in [1.165, 1.54) is 6.33 Å². The number of nitrogens with two attached hydrogens (primary N) is 1. The third kappa shape index (κ3) is 4.14. The molecule has 0 unspecified atom stereocenters. The molecule has 0 bridgehead atoms. The summed E-state index contributed by atoms with van der Waals surface area (Å²) in [7, 11) is 0. The van der Waals surface area contributed by atoms with Gasteiger partial charge in [0.2, 0.25) is 5.91 Å². The topological polar surface area (TPSA) is 133 Å². The number of nitrogens with one attached hydrogen (secondary N) is 2. The van der Waals surface area contributed by atoms with Crippen molar-refractivity contribution in [3.63, 3.8) is 0 Å². The van der Waals surface area contributed by atoms with Crippen LogP contribution in [0.4, 0.5) is 5.82 Å². The Morgan fingerprint density at radius 1 is 1.21 bits per heavy atom. The van der Waals surface area contributed by atoms with Crippen LogP contribution in [0.25, 0.3) is 22.3 Å². The number of carbonyl (C=O) groups is 1. The third-order valence-electron chi connectivity index (χ3n) is 5.86. The molecule has 10 heteroatoms. The number of rotatable bonds is 7. The Morgan fingerprint density at radius 2 is 2.00 bits per heavy atom. The van der Waals surface area contributed by atoms with Gasteiger partial charge in [0.15, 0.2) is 11.5 Å². The summed E-state index contributed by atoms with van der Waals surface area (Å²) in [6, 6.07) is 8.04. The van der Waals surface area contributed by atoms with Gasteiger partial charge < -0.3 is 25.5 Å². The number of ether oxygens (including phenoxy) is 2. The molecule has 0 saturated heterocycles. The number of primary amides is 1. The van der Waals surface area contributed by atoms with Gasteiger partial charge in [0, 0.05) is 11.8 Å². The van der Waals surface area contributed by atoms with Gasteiger partial charge in [-0.05, 0) is 36.6 Å². The zero-order valence-electron chi connectivity index (χ0n) is 19.3. The van der Waals surface area contributed by atoms with E-state index in [0.717, 1.165) is 45.2 Å². The average molecular weight is 462 g/mol. The molecule has 3 aromatic heterocycles. The number of anilines is 1. The first-order valence-electron chi connectivity index (χ1n) is 11.2. The molecule has 0 spiro atoms. The van der Waals surface area contributed by atoms with Gasteiger partial charge in [0.25, 0.3) is 0 Å². The highest BCUT2D eigenvalue weighted by Gasteiger charge is 2.22. The third-order valence-corrected chi connectivity index (χ3v) is 5.86. The van der Waals surface area contributed by atoms with Gasteiger partial charge in [-0.3, -0.25) is 9.48 Å². The largest absolute Gasteiger partial charge is 0.486 e. The van der Waals surface area contributed by atoms with Crippen LogP contribution in [0.2, 0.25) is 0 Å². The zero-order valence-corrected chi connectivity index (χ0v) is 19.3. The molecule has 176 valence electrons. The van der Waals surface area contributed by atoms with Crippen molar-refractivity contribution < 1.29 is 14.3 Å². The molecule has 4 aromatic rings. The van der Waals surface area contributed by atoms with Gasteiger partial charge >= 0.3 is 0 Å². The first-order valence-corrected chi connectivity index (χ1v) is 11.2. The molecule has 0 aliphatic carbocycles. The van der Waals surface area contributed by atoms with Gasteiger partial charge in [-0.25, -0.2) is 9.97 Å². The molecule has 0 fully saturated rings. The Labute approximate surface area is 196 Å². The van der Waals surface area contributed by atoms with E-state index in [9.17, 15) is 4.79 Å². The molecule has 0 saturated carbocycles. The maximum absolute atomic E-state index is 11.3. The highest BCUT2D eigenvalue weighted by atomic mass is 16.6. The number of benzene rings is 1. The van der Waals surface area contributed by atoms with Crippen LogP contribution in [-0.2, 0) is 11.3 Å². The first-order chi connectivity index (χ1) is 16.4. The number of fused-ring (bicyclic) bond motifs is 2. The lowest BCUT2D eigenvalue weighted by Gasteiger charge is -2.26. The van der Waals surface area contributed by atoms with Gasteiger partial charge in [0.1, 0.15) is 37.6 Å². The second kappa shape index (κ2) is 8.69. The lowest BCUT2D eigenvalue weighted by molar-refractivity contribution is -0.118. The number of H-pyrrole nitrogens is 1. The molecule has 1 atom stereocenters. The fourth-order valence-corrected chi connectivity index (χ4v) is 4.26. The van der Waals surface area contributed by atoms with Crippen molar-refractivity contribution in [3.8, 4) is 22.8 Å². The number of hydrogen-bond donors (Lipinski definition) is 3. The van der Waals surface area contributed by atoms with Crippen LogP contribution in [0.5, 0.6) is 11.5 Å². The van der Waals surface area contributed by atoms with Gasteiger partial charge in [-0.1, -0.05) is 19.9 Å². The van der Waals surface area contributed by atoms with Crippen molar-refractivity contribution in [1.82, 2.24) is 24.7 Å². The summed E-state index contributed by atoms with van der Waals surface area (Å²) in [5.41, 5.74) is 9.60. The van der Waals surface area contributed by atoms with Crippen LogP contribution >= 0.6 is 0 Å². The number of aromatic nitrogens is 5. The molecule has 5 rings (SSSR count). The number of aryl methyl sites for hydroxylation is 1. The molecule has 1 aliphatic rings. The second-order valence-corrected chi connectivity index (χ2v) is 8.73.